The maximum Gasteiger partial charge on any atom is 0.197 e. The van der Waals surface area contributed by atoms with Gasteiger partial charge in [0.1, 0.15) is 12.7 Å². The molecular weight excluding hydrogens is 142 g/mol. The molecule has 0 aliphatic rings. The van der Waals surface area contributed by atoms with E-state index in [0.717, 1.165) is 17.8 Å². The lowest BCUT2D eigenvalue weighted by molar-refractivity contribution is 0.765. The Bertz CT molecular complexity index is 366. The molecule has 0 saturated carbocycles. The fourth-order valence-corrected chi connectivity index (χ4v) is 0.962. The van der Waals surface area contributed by atoms with Gasteiger partial charge in [0.2, 0.25) is 0 Å². The molecule has 0 amide bonds. The normalized spacial score (nSPS) is 10.6. The average molecular weight is 149 g/mol. The second-order valence-corrected chi connectivity index (χ2v) is 2.13. The molecule has 2 aromatic heterocycles. The Morgan fingerprint density at radius 2 is 2.00 bits per heavy atom. The molecule has 56 valence electrons. The summed E-state index contributed by atoms with van der Waals surface area (Å²) in [6.45, 7) is 2.02. The molecule has 0 saturated heterocycles. The van der Waals surface area contributed by atoms with Crippen molar-refractivity contribution < 1.29 is 0 Å². The zero-order valence-corrected chi connectivity index (χ0v) is 6.10. The summed E-state index contributed by atoms with van der Waals surface area (Å²) >= 11 is 0. The molecule has 2 heterocycles. The Kier molecular flexibility index (Phi) is 1.28. The van der Waals surface area contributed by atoms with Crippen molar-refractivity contribution in [2.75, 3.05) is 0 Å². The van der Waals surface area contributed by atoms with Crippen LogP contribution in [0.15, 0.2) is 12.7 Å². The Morgan fingerprint density at radius 1 is 1.27 bits per heavy atom. The highest BCUT2D eigenvalue weighted by molar-refractivity contribution is 5.39. The van der Waals surface area contributed by atoms with Gasteiger partial charge < -0.3 is 0 Å². The van der Waals surface area contributed by atoms with Crippen molar-refractivity contribution in [2.45, 2.75) is 13.3 Å². The highest BCUT2D eigenvalue weighted by Crippen LogP contribution is 2.00. The van der Waals surface area contributed by atoms with Crippen molar-refractivity contribution in [1.29, 1.82) is 0 Å². The summed E-state index contributed by atoms with van der Waals surface area (Å²) in [5.74, 6) is 0. The van der Waals surface area contributed by atoms with Crippen LogP contribution in [0.25, 0.3) is 5.65 Å². The van der Waals surface area contributed by atoms with Gasteiger partial charge in [-0.3, -0.25) is 0 Å². The molecular formula is C6H7N5. The van der Waals surface area contributed by atoms with E-state index in [9.17, 15) is 0 Å². The van der Waals surface area contributed by atoms with Gasteiger partial charge in [0, 0.05) is 0 Å². The highest BCUT2D eigenvalue weighted by atomic mass is 15.4. The predicted molar refractivity (Wildman–Crippen MR) is 38.0 cm³/mol. The third kappa shape index (κ3) is 0.849. The van der Waals surface area contributed by atoms with Crippen LogP contribution in [0.1, 0.15) is 12.6 Å². The number of hydrogen-bond acceptors (Lipinski definition) is 4. The number of aryl methyl sites for hydroxylation is 1. The van der Waals surface area contributed by atoms with E-state index in [1.54, 1.807) is 0 Å². The second kappa shape index (κ2) is 2.26. The van der Waals surface area contributed by atoms with Crippen LogP contribution < -0.4 is 0 Å². The number of nitrogens with zero attached hydrogens (tertiary/aromatic N) is 5. The number of hydrogen-bond donors (Lipinski definition) is 0. The van der Waals surface area contributed by atoms with E-state index in [2.05, 4.69) is 20.2 Å². The van der Waals surface area contributed by atoms with Crippen LogP contribution in [0, 0.1) is 0 Å². The van der Waals surface area contributed by atoms with Gasteiger partial charge >= 0.3 is 0 Å². The quantitative estimate of drug-likeness (QED) is 0.576. The monoisotopic (exact) mass is 149 g/mol. The van der Waals surface area contributed by atoms with Crippen LogP contribution in [-0.4, -0.2) is 24.8 Å². The molecule has 5 nitrogen and oxygen atoms in total. The topological polar surface area (TPSA) is 56.0 Å². The van der Waals surface area contributed by atoms with Crippen LogP contribution >= 0.6 is 0 Å². The first-order valence-electron chi connectivity index (χ1n) is 3.41. The van der Waals surface area contributed by atoms with Gasteiger partial charge in [-0.2, -0.15) is 0 Å². The Labute approximate surface area is 63.1 Å². The Hall–Kier alpha value is -1.52. The third-order valence-electron chi connectivity index (χ3n) is 1.50. The van der Waals surface area contributed by atoms with Gasteiger partial charge in [0.05, 0.1) is 5.69 Å². The van der Waals surface area contributed by atoms with Gasteiger partial charge in [-0.15, -0.1) is 14.8 Å². The summed E-state index contributed by atoms with van der Waals surface area (Å²) in [6.07, 6.45) is 3.81. The maximum atomic E-state index is 4.06. The molecule has 0 N–H and O–H groups in total. The Balaban J connectivity index is 2.79. The van der Waals surface area contributed by atoms with Crippen molar-refractivity contribution in [2.24, 2.45) is 0 Å². The van der Waals surface area contributed by atoms with E-state index in [-0.39, 0.29) is 0 Å². The standard InChI is InChI=1S/C6H7N5/c1-2-5-6-8-4-10-11(6)9-3-7-5/h3-4H,2H2,1H3. The maximum absolute atomic E-state index is 4.06. The number of fused-ring (bicyclic) bond motifs is 1. The Morgan fingerprint density at radius 3 is 2.73 bits per heavy atom. The molecule has 0 aliphatic heterocycles. The van der Waals surface area contributed by atoms with Crippen molar-refractivity contribution >= 4 is 5.65 Å². The fraction of sp³-hybridized carbons (Fsp3) is 0.333. The molecule has 0 radical (unpaired) electrons. The predicted octanol–water partition coefficient (Wildman–Crippen LogP) is 0.0817. The van der Waals surface area contributed by atoms with Crippen LogP contribution in [0.5, 0.6) is 0 Å². The number of rotatable bonds is 1. The van der Waals surface area contributed by atoms with E-state index >= 15 is 0 Å². The summed E-state index contributed by atoms with van der Waals surface area (Å²) in [5.41, 5.74) is 1.67. The van der Waals surface area contributed by atoms with E-state index < -0.39 is 0 Å². The molecule has 0 unspecified atom stereocenters. The van der Waals surface area contributed by atoms with Crippen molar-refractivity contribution in [3.63, 3.8) is 0 Å². The van der Waals surface area contributed by atoms with E-state index in [1.165, 1.54) is 17.3 Å². The molecule has 0 aliphatic carbocycles. The van der Waals surface area contributed by atoms with Crippen molar-refractivity contribution in [3.05, 3.63) is 18.3 Å². The first kappa shape index (κ1) is 6.21. The smallest absolute Gasteiger partial charge is 0.197 e. The lowest BCUT2D eigenvalue weighted by Gasteiger charge is -1.94. The van der Waals surface area contributed by atoms with E-state index in [4.69, 9.17) is 0 Å². The van der Waals surface area contributed by atoms with Gasteiger partial charge in [-0.05, 0) is 6.42 Å². The van der Waals surface area contributed by atoms with E-state index in [1.807, 2.05) is 6.92 Å². The minimum absolute atomic E-state index is 0.745. The van der Waals surface area contributed by atoms with Crippen molar-refractivity contribution in [3.8, 4) is 0 Å². The first-order valence-corrected chi connectivity index (χ1v) is 3.41. The van der Waals surface area contributed by atoms with Crippen LogP contribution in [0.4, 0.5) is 0 Å². The largest absolute Gasteiger partial charge is 0.235 e. The van der Waals surface area contributed by atoms with Gasteiger partial charge in [0.25, 0.3) is 0 Å². The van der Waals surface area contributed by atoms with E-state index in [0.29, 0.717) is 0 Å². The minimum Gasteiger partial charge on any atom is -0.235 e. The molecule has 2 rings (SSSR count). The van der Waals surface area contributed by atoms with Gasteiger partial charge in [-0.1, -0.05) is 6.92 Å². The van der Waals surface area contributed by atoms with Crippen molar-refractivity contribution in [1.82, 2.24) is 24.8 Å². The molecule has 0 fully saturated rings. The highest BCUT2D eigenvalue weighted by Gasteiger charge is 2.01. The summed E-state index contributed by atoms with van der Waals surface area (Å²) in [5, 5.41) is 7.76. The molecule has 0 aromatic carbocycles. The molecule has 11 heavy (non-hydrogen) atoms. The molecule has 2 aromatic rings. The summed E-state index contributed by atoms with van der Waals surface area (Å²) in [4.78, 5) is 8.08. The molecule has 5 heteroatoms. The SMILES string of the molecule is CCc1ncnn2ncnc12. The van der Waals surface area contributed by atoms with Gasteiger partial charge in [-0.25, -0.2) is 9.97 Å². The first-order chi connectivity index (χ1) is 5.42. The zero-order valence-electron chi connectivity index (χ0n) is 6.10. The summed E-state index contributed by atoms with van der Waals surface area (Å²) < 4.78 is 1.48. The van der Waals surface area contributed by atoms with Gasteiger partial charge in [0.15, 0.2) is 5.65 Å². The minimum atomic E-state index is 0.745. The lowest BCUT2D eigenvalue weighted by Crippen LogP contribution is -1.99. The fourth-order valence-electron chi connectivity index (χ4n) is 0.962. The van der Waals surface area contributed by atoms with Crippen LogP contribution in [0.2, 0.25) is 0 Å². The van der Waals surface area contributed by atoms with Crippen LogP contribution in [0.3, 0.4) is 0 Å². The van der Waals surface area contributed by atoms with Crippen LogP contribution in [-0.2, 0) is 6.42 Å². The molecule has 0 bridgehead atoms. The summed E-state index contributed by atoms with van der Waals surface area (Å²) in [6, 6.07) is 0. The zero-order chi connectivity index (χ0) is 7.68. The molecule has 0 spiro atoms. The lowest BCUT2D eigenvalue weighted by atomic mass is 10.3. The molecule has 0 atom stereocenters. The summed E-state index contributed by atoms with van der Waals surface area (Å²) in [7, 11) is 0. The second-order valence-electron chi connectivity index (χ2n) is 2.13. The average Bonchev–Trinajstić information content (AvgIpc) is 2.50. The number of aromatic nitrogens is 5. The third-order valence-corrected chi connectivity index (χ3v) is 1.50.